The molecule has 0 unspecified atom stereocenters. The standard InChI is InChI=1S/C26H24F3N3O4/c1-16-14-22(33)23(30-32(16)20-5-3-4-19(15-20)26(27,28)29)25(35)31-12-10-18(11-13-31)24(34)17-6-8-21(36-2)9-7-17/h3-9,14-15,18H,10-13H2,1-2H3. The van der Waals surface area contributed by atoms with E-state index in [0.29, 0.717) is 29.8 Å². The van der Waals surface area contributed by atoms with Crippen LogP contribution in [0.5, 0.6) is 5.75 Å². The number of aromatic nitrogens is 2. The van der Waals surface area contributed by atoms with Gasteiger partial charge in [0.1, 0.15) is 5.75 Å². The average Bonchev–Trinajstić information content (AvgIpc) is 2.88. The van der Waals surface area contributed by atoms with Gasteiger partial charge in [0.15, 0.2) is 11.5 Å². The number of hydrogen-bond acceptors (Lipinski definition) is 5. The van der Waals surface area contributed by atoms with Crippen molar-refractivity contribution in [2.24, 2.45) is 5.92 Å². The number of ketones is 1. The molecular formula is C26H24F3N3O4. The van der Waals surface area contributed by atoms with Crippen molar-refractivity contribution in [2.75, 3.05) is 20.2 Å². The summed E-state index contributed by atoms with van der Waals surface area (Å²) < 4.78 is 45.7. The van der Waals surface area contributed by atoms with Gasteiger partial charge in [-0.3, -0.25) is 14.4 Å². The van der Waals surface area contributed by atoms with Crippen molar-refractivity contribution in [1.29, 1.82) is 0 Å². The maximum atomic E-state index is 13.2. The third-order valence-corrected chi connectivity index (χ3v) is 6.26. The molecule has 1 amide bonds. The molecule has 2 heterocycles. The van der Waals surface area contributed by atoms with E-state index in [1.54, 1.807) is 31.4 Å². The van der Waals surface area contributed by atoms with Crippen LogP contribution in [0, 0.1) is 12.8 Å². The molecule has 1 aliphatic rings. The smallest absolute Gasteiger partial charge is 0.416 e. The maximum Gasteiger partial charge on any atom is 0.416 e. The van der Waals surface area contributed by atoms with Crippen LogP contribution < -0.4 is 10.2 Å². The van der Waals surface area contributed by atoms with Gasteiger partial charge in [-0.1, -0.05) is 6.07 Å². The Hall–Kier alpha value is -3.95. The Morgan fingerprint density at radius 2 is 1.69 bits per heavy atom. The van der Waals surface area contributed by atoms with Crippen LogP contribution in [0.2, 0.25) is 0 Å². The summed E-state index contributed by atoms with van der Waals surface area (Å²) in [7, 11) is 1.54. The highest BCUT2D eigenvalue weighted by Crippen LogP contribution is 2.30. The Morgan fingerprint density at radius 1 is 1.03 bits per heavy atom. The first-order chi connectivity index (χ1) is 17.1. The number of halogens is 3. The maximum absolute atomic E-state index is 13.2. The van der Waals surface area contributed by atoms with Crippen LogP contribution >= 0.6 is 0 Å². The number of ether oxygens (including phenoxy) is 1. The van der Waals surface area contributed by atoms with Crippen LogP contribution in [0.3, 0.4) is 0 Å². The molecule has 7 nitrogen and oxygen atoms in total. The lowest BCUT2D eigenvalue weighted by Gasteiger charge is -2.31. The molecule has 2 aromatic carbocycles. The van der Waals surface area contributed by atoms with Gasteiger partial charge < -0.3 is 9.64 Å². The number of amides is 1. The molecule has 1 fully saturated rings. The molecule has 1 aliphatic heterocycles. The van der Waals surface area contributed by atoms with E-state index in [2.05, 4.69) is 5.10 Å². The predicted molar refractivity (Wildman–Crippen MR) is 126 cm³/mol. The molecule has 4 rings (SSSR count). The number of alkyl halides is 3. The Morgan fingerprint density at radius 3 is 2.31 bits per heavy atom. The number of carbonyl (C=O) groups is 2. The second-order valence-electron chi connectivity index (χ2n) is 8.62. The minimum absolute atomic E-state index is 0.0230. The number of hydrogen-bond donors (Lipinski definition) is 0. The van der Waals surface area contributed by atoms with E-state index < -0.39 is 23.1 Å². The highest BCUT2D eigenvalue weighted by Gasteiger charge is 2.32. The molecule has 0 spiro atoms. The lowest BCUT2D eigenvalue weighted by atomic mass is 9.88. The van der Waals surface area contributed by atoms with Gasteiger partial charge >= 0.3 is 6.18 Å². The minimum atomic E-state index is -4.55. The van der Waals surface area contributed by atoms with E-state index in [4.69, 9.17) is 4.74 Å². The number of likely N-dealkylation sites (tertiary alicyclic amines) is 1. The summed E-state index contributed by atoms with van der Waals surface area (Å²) in [6.45, 7) is 2.03. The van der Waals surface area contributed by atoms with Crippen molar-refractivity contribution >= 4 is 11.7 Å². The highest BCUT2D eigenvalue weighted by molar-refractivity contribution is 5.98. The average molecular weight is 499 g/mol. The van der Waals surface area contributed by atoms with Gasteiger partial charge in [-0.2, -0.15) is 18.3 Å². The van der Waals surface area contributed by atoms with Gasteiger partial charge in [0, 0.05) is 36.3 Å². The Bertz CT molecular complexity index is 1340. The molecule has 10 heteroatoms. The van der Waals surface area contributed by atoms with Gasteiger partial charge in [0.25, 0.3) is 5.91 Å². The Kier molecular flexibility index (Phi) is 6.96. The first-order valence-electron chi connectivity index (χ1n) is 11.3. The fraction of sp³-hybridized carbons (Fsp3) is 0.308. The number of carbonyl (C=O) groups excluding carboxylic acids is 2. The molecule has 0 N–H and O–H groups in total. The lowest BCUT2D eigenvalue weighted by molar-refractivity contribution is -0.137. The molecule has 188 valence electrons. The van der Waals surface area contributed by atoms with Crippen LogP contribution in [0.1, 0.15) is 44.9 Å². The van der Waals surface area contributed by atoms with Gasteiger partial charge in [-0.15, -0.1) is 0 Å². The van der Waals surface area contributed by atoms with Gasteiger partial charge in [0.2, 0.25) is 5.43 Å². The number of aryl methyl sites for hydroxylation is 1. The number of rotatable bonds is 5. The third-order valence-electron chi connectivity index (χ3n) is 6.26. The summed E-state index contributed by atoms with van der Waals surface area (Å²) in [5, 5.41) is 4.13. The van der Waals surface area contributed by atoms with Crippen LogP contribution in [0.15, 0.2) is 59.4 Å². The summed E-state index contributed by atoms with van der Waals surface area (Å²) in [5.74, 6) is -0.260. The highest BCUT2D eigenvalue weighted by atomic mass is 19.4. The summed E-state index contributed by atoms with van der Waals surface area (Å²) in [5.41, 5.74) is -0.920. The summed E-state index contributed by atoms with van der Waals surface area (Å²) in [4.78, 5) is 40.0. The summed E-state index contributed by atoms with van der Waals surface area (Å²) in [6, 6.07) is 12.5. The number of Topliss-reactive ketones (excluding diaryl/α,β-unsaturated/α-hetero) is 1. The normalized spacial score (nSPS) is 14.5. The lowest BCUT2D eigenvalue weighted by Crippen LogP contribution is -2.42. The number of methoxy groups -OCH3 is 1. The van der Waals surface area contributed by atoms with E-state index in [1.165, 1.54) is 30.0 Å². The minimum Gasteiger partial charge on any atom is -0.497 e. The summed E-state index contributed by atoms with van der Waals surface area (Å²) in [6.07, 6.45) is -3.70. The van der Waals surface area contributed by atoms with Crippen molar-refractivity contribution in [3.63, 3.8) is 0 Å². The Balaban J connectivity index is 1.51. The van der Waals surface area contributed by atoms with Crippen LogP contribution in [0.4, 0.5) is 13.2 Å². The van der Waals surface area contributed by atoms with E-state index in [1.807, 2.05) is 0 Å². The molecule has 0 bridgehead atoms. The largest absolute Gasteiger partial charge is 0.497 e. The molecule has 36 heavy (non-hydrogen) atoms. The predicted octanol–water partition coefficient (Wildman–Crippen LogP) is 4.30. The van der Waals surface area contributed by atoms with E-state index >= 15 is 0 Å². The zero-order valence-electron chi connectivity index (χ0n) is 19.7. The topological polar surface area (TPSA) is 81.5 Å². The van der Waals surface area contributed by atoms with Crippen molar-refractivity contribution < 1.29 is 27.5 Å². The first kappa shape index (κ1) is 25.2. The monoisotopic (exact) mass is 499 g/mol. The number of benzene rings is 2. The summed E-state index contributed by atoms with van der Waals surface area (Å²) >= 11 is 0. The van der Waals surface area contributed by atoms with Crippen molar-refractivity contribution in [1.82, 2.24) is 14.7 Å². The fourth-order valence-corrected chi connectivity index (χ4v) is 4.26. The van der Waals surface area contributed by atoms with Crippen molar-refractivity contribution in [2.45, 2.75) is 25.9 Å². The zero-order chi connectivity index (χ0) is 26.0. The van der Waals surface area contributed by atoms with Gasteiger partial charge in [-0.05, 0) is 62.2 Å². The first-order valence-corrected chi connectivity index (χ1v) is 11.3. The van der Waals surface area contributed by atoms with Crippen molar-refractivity contribution in [3.05, 3.63) is 87.3 Å². The fourth-order valence-electron chi connectivity index (χ4n) is 4.26. The van der Waals surface area contributed by atoms with Gasteiger partial charge in [-0.25, -0.2) is 4.68 Å². The van der Waals surface area contributed by atoms with E-state index in [0.717, 1.165) is 16.8 Å². The molecular weight excluding hydrogens is 475 g/mol. The molecule has 1 saturated heterocycles. The molecule has 3 aromatic rings. The van der Waals surface area contributed by atoms with E-state index in [-0.39, 0.29) is 36.2 Å². The Labute approximate surface area is 205 Å². The van der Waals surface area contributed by atoms with Crippen LogP contribution in [-0.2, 0) is 6.18 Å². The van der Waals surface area contributed by atoms with Crippen LogP contribution in [-0.4, -0.2) is 46.6 Å². The second-order valence-corrected chi connectivity index (χ2v) is 8.62. The van der Waals surface area contributed by atoms with E-state index in [9.17, 15) is 27.6 Å². The molecule has 1 aromatic heterocycles. The zero-order valence-corrected chi connectivity index (χ0v) is 19.7. The van der Waals surface area contributed by atoms with Crippen molar-refractivity contribution in [3.8, 4) is 11.4 Å². The third kappa shape index (κ3) is 5.17. The van der Waals surface area contributed by atoms with Gasteiger partial charge in [0.05, 0.1) is 18.4 Å². The second kappa shape index (κ2) is 9.96. The number of piperidine rings is 1. The number of nitrogens with zero attached hydrogens (tertiary/aromatic N) is 3. The quantitative estimate of drug-likeness (QED) is 0.489. The molecule has 0 aliphatic carbocycles. The molecule has 0 radical (unpaired) electrons. The molecule has 0 atom stereocenters. The SMILES string of the molecule is COc1ccc(C(=O)C2CCN(C(=O)c3nn(-c4cccc(C(F)(F)F)c4)c(C)cc3=O)CC2)cc1. The molecule has 0 saturated carbocycles. The van der Waals surface area contributed by atoms with Crippen LogP contribution in [0.25, 0.3) is 5.69 Å².